The molecule has 0 aliphatic carbocycles. The fourth-order valence-corrected chi connectivity index (χ4v) is 2.03. The molecule has 0 spiro atoms. The number of nitrogens with two attached hydrogens (primary N) is 1. The minimum absolute atomic E-state index is 0.0974. The smallest absolute Gasteiger partial charge is 0.226 e. The van der Waals surface area contributed by atoms with Crippen molar-refractivity contribution in [2.45, 2.75) is 33.3 Å². The molecule has 5 heteroatoms. The van der Waals surface area contributed by atoms with Crippen LogP contribution in [0, 0.1) is 6.92 Å². The Labute approximate surface area is 116 Å². The molecule has 1 rings (SSSR count). The number of rotatable bonds is 5. The van der Waals surface area contributed by atoms with E-state index in [2.05, 4.69) is 21.2 Å². The van der Waals surface area contributed by atoms with Gasteiger partial charge in [-0.15, -0.1) is 0 Å². The highest BCUT2D eigenvalue weighted by Crippen LogP contribution is 2.27. The number of hydrogen-bond donors (Lipinski definition) is 2. The van der Waals surface area contributed by atoms with E-state index in [9.17, 15) is 4.79 Å². The van der Waals surface area contributed by atoms with Crippen molar-refractivity contribution in [1.82, 2.24) is 0 Å². The van der Waals surface area contributed by atoms with Gasteiger partial charge in [0.05, 0.1) is 30.5 Å². The molecule has 1 amide bonds. The Balaban J connectivity index is 2.59. The third-order valence-corrected chi connectivity index (χ3v) is 2.86. The number of carbonyl (C=O) groups excluding carboxylic acids is 1. The molecular formula is C13H19BrN2O2. The normalized spacial score (nSPS) is 10.7. The summed E-state index contributed by atoms with van der Waals surface area (Å²) in [6, 6.07) is 3.70. The first-order valence-corrected chi connectivity index (χ1v) is 6.66. The molecule has 0 aromatic heterocycles. The van der Waals surface area contributed by atoms with E-state index in [1.807, 2.05) is 26.8 Å². The molecule has 0 fully saturated rings. The van der Waals surface area contributed by atoms with Crippen molar-refractivity contribution >= 4 is 33.2 Å². The Morgan fingerprint density at radius 1 is 1.50 bits per heavy atom. The Kier molecular flexibility index (Phi) is 5.62. The Bertz CT molecular complexity index is 433. The van der Waals surface area contributed by atoms with Gasteiger partial charge in [0.15, 0.2) is 0 Å². The van der Waals surface area contributed by atoms with Gasteiger partial charge < -0.3 is 15.8 Å². The number of hydrogen-bond acceptors (Lipinski definition) is 3. The van der Waals surface area contributed by atoms with E-state index in [4.69, 9.17) is 10.5 Å². The van der Waals surface area contributed by atoms with Crippen LogP contribution < -0.4 is 11.1 Å². The number of amides is 1. The summed E-state index contributed by atoms with van der Waals surface area (Å²) in [5.74, 6) is -0.0974. The van der Waals surface area contributed by atoms with E-state index >= 15 is 0 Å². The van der Waals surface area contributed by atoms with Gasteiger partial charge in [0.25, 0.3) is 0 Å². The fourth-order valence-electron chi connectivity index (χ4n) is 1.46. The SMILES string of the molecule is Cc1cc(Br)cc(NC(=O)CCOC(C)C)c1N. The largest absolute Gasteiger partial charge is 0.397 e. The van der Waals surface area contributed by atoms with Crippen LogP contribution in [0.25, 0.3) is 0 Å². The molecule has 0 atom stereocenters. The third kappa shape index (κ3) is 4.66. The zero-order valence-electron chi connectivity index (χ0n) is 10.9. The van der Waals surface area contributed by atoms with Gasteiger partial charge >= 0.3 is 0 Å². The molecule has 1 aromatic carbocycles. The van der Waals surface area contributed by atoms with Crippen molar-refractivity contribution < 1.29 is 9.53 Å². The van der Waals surface area contributed by atoms with Crippen LogP contribution in [0.5, 0.6) is 0 Å². The maximum atomic E-state index is 11.7. The second-order valence-electron chi connectivity index (χ2n) is 4.40. The Morgan fingerprint density at radius 3 is 2.78 bits per heavy atom. The Morgan fingerprint density at radius 2 is 2.17 bits per heavy atom. The molecule has 0 saturated heterocycles. The van der Waals surface area contributed by atoms with Gasteiger partial charge in [0.2, 0.25) is 5.91 Å². The van der Waals surface area contributed by atoms with Crippen LogP contribution in [0.2, 0.25) is 0 Å². The van der Waals surface area contributed by atoms with E-state index in [0.717, 1.165) is 10.0 Å². The molecule has 0 bridgehead atoms. The highest BCUT2D eigenvalue weighted by atomic mass is 79.9. The summed E-state index contributed by atoms with van der Waals surface area (Å²) >= 11 is 3.38. The van der Waals surface area contributed by atoms with Crippen molar-refractivity contribution in [2.24, 2.45) is 0 Å². The van der Waals surface area contributed by atoms with Gasteiger partial charge in [-0.3, -0.25) is 4.79 Å². The monoisotopic (exact) mass is 314 g/mol. The molecule has 0 heterocycles. The van der Waals surface area contributed by atoms with Crippen LogP contribution in [0.15, 0.2) is 16.6 Å². The number of halogens is 1. The second kappa shape index (κ2) is 6.75. The van der Waals surface area contributed by atoms with Crippen molar-refractivity contribution in [3.8, 4) is 0 Å². The van der Waals surface area contributed by atoms with E-state index < -0.39 is 0 Å². The first-order chi connectivity index (χ1) is 8.40. The molecular weight excluding hydrogens is 296 g/mol. The number of carbonyl (C=O) groups is 1. The molecule has 100 valence electrons. The number of benzene rings is 1. The van der Waals surface area contributed by atoms with Gasteiger partial charge in [-0.1, -0.05) is 15.9 Å². The third-order valence-electron chi connectivity index (χ3n) is 2.41. The van der Waals surface area contributed by atoms with Gasteiger partial charge in [0.1, 0.15) is 0 Å². The van der Waals surface area contributed by atoms with Crippen LogP contribution >= 0.6 is 15.9 Å². The summed E-state index contributed by atoms with van der Waals surface area (Å²) in [5.41, 5.74) is 8.07. The Hall–Kier alpha value is -1.07. The maximum absolute atomic E-state index is 11.7. The van der Waals surface area contributed by atoms with Crippen molar-refractivity contribution in [2.75, 3.05) is 17.7 Å². The average molecular weight is 315 g/mol. The summed E-state index contributed by atoms with van der Waals surface area (Å²) in [6.45, 7) is 6.19. The summed E-state index contributed by atoms with van der Waals surface area (Å²) in [6.07, 6.45) is 0.458. The van der Waals surface area contributed by atoms with Gasteiger partial charge in [0, 0.05) is 4.47 Å². The number of ether oxygens (including phenoxy) is 1. The fraction of sp³-hybridized carbons (Fsp3) is 0.462. The minimum atomic E-state index is -0.0974. The predicted octanol–water partition coefficient (Wildman–Crippen LogP) is 3.09. The van der Waals surface area contributed by atoms with Crippen LogP contribution in [-0.2, 0) is 9.53 Å². The average Bonchev–Trinajstić information content (AvgIpc) is 2.24. The topological polar surface area (TPSA) is 64.3 Å². The summed E-state index contributed by atoms with van der Waals surface area (Å²) in [4.78, 5) is 11.7. The molecule has 0 aliphatic rings. The zero-order chi connectivity index (χ0) is 13.7. The maximum Gasteiger partial charge on any atom is 0.226 e. The van der Waals surface area contributed by atoms with E-state index in [-0.39, 0.29) is 12.0 Å². The predicted molar refractivity (Wildman–Crippen MR) is 77.6 cm³/mol. The zero-order valence-corrected chi connectivity index (χ0v) is 12.5. The highest BCUT2D eigenvalue weighted by molar-refractivity contribution is 9.10. The summed E-state index contributed by atoms with van der Waals surface area (Å²) in [7, 11) is 0. The van der Waals surface area contributed by atoms with Crippen LogP contribution in [-0.4, -0.2) is 18.6 Å². The molecule has 0 unspecified atom stereocenters. The lowest BCUT2D eigenvalue weighted by Crippen LogP contribution is -2.17. The van der Waals surface area contributed by atoms with Crippen molar-refractivity contribution in [3.63, 3.8) is 0 Å². The van der Waals surface area contributed by atoms with Gasteiger partial charge in [-0.2, -0.15) is 0 Å². The van der Waals surface area contributed by atoms with E-state index in [0.29, 0.717) is 24.4 Å². The quantitative estimate of drug-likeness (QED) is 0.821. The molecule has 18 heavy (non-hydrogen) atoms. The standard InChI is InChI=1S/C13H19BrN2O2/c1-8(2)18-5-4-12(17)16-11-7-10(14)6-9(3)13(11)15/h6-8H,4-5,15H2,1-3H3,(H,16,17). The van der Waals surface area contributed by atoms with Crippen LogP contribution in [0.4, 0.5) is 11.4 Å². The first kappa shape index (κ1) is 15.0. The molecule has 0 radical (unpaired) electrons. The lowest BCUT2D eigenvalue weighted by Gasteiger charge is -2.12. The van der Waals surface area contributed by atoms with E-state index in [1.165, 1.54) is 0 Å². The molecule has 0 saturated carbocycles. The van der Waals surface area contributed by atoms with Gasteiger partial charge in [-0.25, -0.2) is 0 Å². The van der Waals surface area contributed by atoms with Crippen LogP contribution in [0.1, 0.15) is 25.8 Å². The molecule has 0 aliphatic heterocycles. The number of nitrogens with one attached hydrogen (secondary N) is 1. The highest BCUT2D eigenvalue weighted by Gasteiger charge is 2.08. The summed E-state index contributed by atoms with van der Waals surface area (Å²) < 4.78 is 6.22. The minimum Gasteiger partial charge on any atom is -0.397 e. The lowest BCUT2D eigenvalue weighted by atomic mass is 10.1. The van der Waals surface area contributed by atoms with E-state index in [1.54, 1.807) is 6.07 Å². The van der Waals surface area contributed by atoms with Gasteiger partial charge in [-0.05, 0) is 38.5 Å². The number of anilines is 2. The molecule has 3 N–H and O–H groups in total. The lowest BCUT2D eigenvalue weighted by molar-refractivity contribution is -0.117. The van der Waals surface area contributed by atoms with Crippen molar-refractivity contribution in [3.05, 3.63) is 22.2 Å². The number of nitrogen functional groups attached to an aromatic ring is 1. The van der Waals surface area contributed by atoms with Crippen molar-refractivity contribution in [1.29, 1.82) is 0 Å². The molecule has 1 aromatic rings. The summed E-state index contributed by atoms with van der Waals surface area (Å²) in [5, 5.41) is 2.79. The van der Waals surface area contributed by atoms with Crippen LogP contribution in [0.3, 0.4) is 0 Å². The number of aryl methyl sites for hydroxylation is 1. The first-order valence-electron chi connectivity index (χ1n) is 5.87. The molecule has 4 nitrogen and oxygen atoms in total. The second-order valence-corrected chi connectivity index (χ2v) is 5.32.